The van der Waals surface area contributed by atoms with Gasteiger partial charge in [-0.2, -0.15) is 0 Å². The van der Waals surface area contributed by atoms with Gasteiger partial charge in [0, 0.05) is 24.7 Å². The van der Waals surface area contributed by atoms with Gasteiger partial charge < -0.3 is 19.1 Å². The van der Waals surface area contributed by atoms with Gasteiger partial charge in [-0.1, -0.05) is 18.7 Å². The zero-order valence-corrected chi connectivity index (χ0v) is 17.6. The van der Waals surface area contributed by atoms with Gasteiger partial charge in [0.15, 0.2) is 0 Å². The second-order valence-corrected chi connectivity index (χ2v) is 7.23. The summed E-state index contributed by atoms with van der Waals surface area (Å²) in [7, 11) is 0. The molecule has 1 saturated heterocycles. The fraction of sp³-hybridized carbons (Fsp3) is 0.476. The van der Waals surface area contributed by atoms with Gasteiger partial charge in [-0.25, -0.2) is 9.59 Å². The summed E-state index contributed by atoms with van der Waals surface area (Å²) in [5, 5.41) is 11.2. The number of carbonyl (C=O) groups excluding carboxylic acids is 3. The average Bonchev–Trinajstić information content (AvgIpc) is 2.75. The Balaban J connectivity index is 1.75. The summed E-state index contributed by atoms with van der Waals surface area (Å²) in [6, 6.07) is 4.66. The van der Waals surface area contributed by atoms with Crippen LogP contribution in [-0.2, 0) is 30.4 Å². The number of nitro benzene ring substituents is 1. The molecule has 1 aliphatic heterocycles. The van der Waals surface area contributed by atoms with E-state index in [0.717, 1.165) is 0 Å². The van der Waals surface area contributed by atoms with Gasteiger partial charge in [-0.05, 0) is 32.3 Å². The molecule has 1 fully saturated rings. The minimum absolute atomic E-state index is 0.0463. The molecule has 0 N–H and O–H groups in total. The summed E-state index contributed by atoms with van der Waals surface area (Å²) in [6.45, 7) is 7.01. The Hall–Kier alpha value is -3.43. The Morgan fingerprint density at radius 1 is 1.16 bits per heavy atom. The molecule has 2 rings (SSSR count). The first-order valence-electron chi connectivity index (χ1n) is 9.84. The van der Waals surface area contributed by atoms with Crippen molar-refractivity contribution >= 4 is 23.7 Å². The van der Waals surface area contributed by atoms with Crippen molar-refractivity contribution in [2.45, 2.75) is 33.3 Å². The third-order valence-electron chi connectivity index (χ3n) is 4.92. The van der Waals surface area contributed by atoms with Crippen LogP contribution < -0.4 is 0 Å². The highest BCUT2D eigenvalue weighted by Crippen LogP contribution is 2.24. The maximum absolute atomic E-state index is 12.3. The van der Waals surface area contributed by atoms with Gasteiger partial charge >= 0.3 is 18.0 Å². The Kier molecular flexibility index (Phi) is 8.53. The second kappa shape index (κ2) is 11.1. The number of nitro groups is 1. The van der Waals surface area contributed by atoms with Crippen LogP contribution in [0.4, 0.5) is 10.5 Å². The standard InChI is InChI=1S/C21H26N2O8/c1-14(2)19(24)29-11-12-30-20(25)16-7-9-22(10-8-16)21(26)31-13-17-15(3)5-4-6-18(17)23(27)28/h4-6,16H,1,7-13H2,2-3H3. The van der Waals surface area contributed by atoms with E-state index in [-0.39, 0.29) is 37.0 Å². The number of carbonyl (C=O) groups is 3. The van der Waals surface area contributed by atoms with Crippen LogP contribution in [0.1, 0.15) is 30.9 Å². The third-order valence-corrected chi connectivity index (χ3v) is 4.92. The van der Waals surface area contributed by atoms with Crippen LogP contribution in [-0.4, -0.2) is 54.2 Å². The molecule has 0 aliphatic carbocycles. The summed E-state index contributed by atoms with van der Waals surface area (Å²) < 4.78 is 15.2. The van der Waals surface area contributed by atoms with Crippen LogP contribution in [0.3, 0.4) is 0 Å². The first-order chi connectivity index (χ1) is 14.7. The third kappa shape index (κ3) is 6.80. The number of rotatable bonds is 8. The van der Waals surface area contributed by atoms with Crippen molar-refractivity contribution in [3.8, 4) is 0 Å². The molecule has 168 valence electrons. The van der Waals surface area contributed by atoms with E-state index in [1.54, 1.807) is 19.1 Å². The van der Waals surface area contributed by atoms with E-state index in [0.29, 0.717) is 37.1 Å². The number of hydrogen-bond donors (Lipinski definition) is 0. The lowest BCUT2D eigenvalue weighted by Crippen LogP contribution is -2.41. The van der Waals surface area contributed by atoms with Crippen molar-refractivity contribution in [2.24, 2.45) is 5.92 Å². The van der Waals surface area contributed by atoms with Gasteiger partial charge in [0.25, 0.3) is 5.69 Å². The molecule has 0 saturated carbocycles. The molecule has 10 nitrogen and oxygen atoms in total. The Morgan fingerprint density at radius 2 is 1.81 bits per heavy atom. The van der Waals surface area contributed by atoms with Crippen LogP contribution in [0.25, 0.3) is 0 Å². The molecule has 1 heterocycles. The summed E-state index contributed by atoms with van der Waals surface area (Å²) in [6.07, 6.45) is 0.227. The molecule has 1 amide bonds. The Morgan fingerprint density at radius 3 is 2.42 bits per heavy atom. The summed E-state index contributed by atoms with van der Waals surface area (Å²) >= 11 is 0. The smallest absolute Gasteiger partial charge is 0.410 e. The molecule has 0 bridgehead atoms. The van der Waals surface area contributed by atoms with Crippen molar-refractivity contribution in [3.05, 3.63) is 51.6 Å². The van der Waals surface area contributed by atoms with Crippen molar-refractivity contribution in [1.29, 1.82) is 0 Å². The summed E-state index contributed by atoms with van der Waals surface area (Å²) in [5.74, 6) is -1.31. The quantitative estimate of drug-likeness (QED) is 0.153. The van der Waals surface area contributed by atoms with Crippen molar-refractivity contribution in [3.63, 3.8) is 0 Å². The largest absolute Gasteiger partial charge is 0.462 e. The molecule has 0 radical (unpaired) electrons. The lowest BCUT2D eigenvalue weighted by molar-refractivity contribution is -0.385. The van der Waals surface area contributed by atoms with E-state index in [9.17, 15) is 24.5 Å². The zero-order valence-electron chi connectivity index (χ0n) is 17.6. The Labute approximate surface area is 179 Å². The normalized spacial score (nSPS) is 13.9. The monoisotopic (exact) mass is 434 g/mol. The maximum atomic E-state index is 12.3. The molecule has 10 heteroatoms. The summed E-state index contributed by atoms with van der Waals surface area (Å²) in [5.41, 5.74) is 1.19. The van der Waals surface area contributed by atoms with Gasteiger partial charge in [0.05, 0.1) is 16.4 Å². The number of aryl methyl sites for hydroxylation is 1. The summed E-state index contributed by atoms with van der Waals surface area (Å²) in [4.78, 5) is 47.8. The van der Waals surface area contributed by atoms with E-state index in [1.165, 1.54) is 17.9 Å². The number of piperidine rings is 1. The zero-order chi connectivity index (χ0) is 23.0. The molecule has 0 spiro atoms. The van der Waals surface area contributed by atoms with E-state index in [4.69, 9.17) is 14.2 Å². The predicted octanol–water partition coefficient (Wildman–Crippen LogP) is 2.91. The number of likely N-dealkylation sites (tertiary alicyclic amines) is 1. The van der Waals surface area contributed by atoms with Crippen molar-refractivity contribution in [1.82, 2.24) is 4.90 Å². The molecule has 0 unspecified atom stereocenters. The first kappa shape index (κ1) is 23.8. The maximum Gasteiger partial charge on any atom is 0.410 e. The van der Waals surface area contributed by atoms with Gasteiger partial charge in [-0.15, -0.1) is 0 Å². The number of nitrogens with zero attached hydrogens (tertiary/aromatic N) is 2. The average molecular weight is 434 g/mol. The number of amides is 1. The first-order valence-corrected chi connectivity index (χ1v) is 9.84. The fourth-order valence-corrected chi connectivity index (χ4v) is 3.09. The highest BCUT2D eigenvalue weighted by atomic mass is 16.6. The van der Waals surface area contributed by atoms with Gasteiger partial charge in [0.2, 0.25) is 0 Å². The molecule has 1 aromatic rings. The van der Waals surface area contributed by atoms with Crippen LogP contribution in [0, 0.1) is 23.0 Å². The SMILES string of the molecule is C=C(C)C(=O)OCCOC(=O)C1CCN(C(=O)OCc2c(C)cccc2[N+](=O)[O-])CC1. The highest BCUT2D eigenvalue weighted by Gasteiger charge is 2.29. The number of hydrogen-bond acceptors (Lipinski definition) is 8. The minimum atomic E-state index is -0.587. The van der Waals surface area contributed by atoms with Crippen molar-refractivity contribution in [2.75, 3.05) is 26.3 Å². The van der Waals surface area contributed by atoms with Crippen LogP contribution in [0.15, 0.2) is 30.4 Å². The van der Waals surface area contributed by atoms with Crippen LogP contribution in [0.5, 0.6) is 0 Å². The van der Waals surface area contributed by atoms with Gasteiger partial charge in [-0.3, -0.25) is 14.9 Å². The van der Waals surface area contributed by atoms with Crippen LogP contribution in [0.2, 0.25) is 0 Å². The molecule has 0 atom stereocenters. The van der Waals surface area contributed by atoms with Crippen molar-refractivity contribution < 1.29 is 33.5 Å². The van der Waals surface area contributed by atoms with Gasteiger partial charge in [0.1, 0.15) is 19.8 Å². The molecular formula is C21H26N2O8. The van der Waals surface area contributed by atoms with E-state index in [2.05, 4.69) is 6.58 Å². The molecule has 31 heavy (non-hydrogen) atoms. The number of benzene rings is 1. The lowest BCUT2D eigenvalue weighted by Gasteiger charge is -2.30. The van der Waals surface area contributed by atoms with Crippen LogP contribution >= 0.6 is 0 Å². The number of ether oxygens (including phenoxy) is 3. The van der Waals surface area contributed by atoms with E-state index in [1.807, 2.05) is 0 Å². The predicted molar refractivity (Wildman–Crippen MR) is 109 cm³/mol. The lowest BCUT2D eigenvalue weighted by atomic mass is 9.97. The molecule has 1 aliphatic rings. The van der Waals surface area contributed by atoms with E-state index < -0.39 is 23.0 Å². The Bertz CT molecular complexity index is 859. The topological polar surface area (TPSA) is 125 Å². The molecular weight excluding hydrogens is 408 g/mol. The molecule has 1 aromatic carbocycles. The highest BCUT2D eigenvalue weighted by molar-refractivity contribution is 5.86. The van der Waals surface area contributed by atoms with E-state index >= 15 is 0 Å². The molecule has 0 aromatic heterocycles. The number of esters is 2. The minimum Gasteiger partial charge on any atom is -0.462 e. The second-order valence-electron chi connectivity index (χ2n) is 7.23. The fourth-order valence-electron chi connectivity index (χ4n) is 3.09.